The molecule has 1 aromatic heterocycles. The number of aromatic nitrogens is 1. The maximum absolute atomic E-state index is 13.8. The molecule has 212 valence electrons. The van der Waals surface area contributed by atoms with Crippen molar-refractivity contribution in [2.45, 2.75) is 56.3 Å². The van der Waals surface area contributed by atoms with Crippen LogP contribution in [0.15, 0.2) is 35.5 Å². The number of amides is 3. The van der Waals surface area contributed by atoms with Gasteiger partial charge in [-0.15, -0.1) is 0 Å². The minimum atomic E-state index is -1.20. The second kappa shape index (κ2) is 13.8. The van der Waals surface area contributed by atoms with Gasteiger partial charge in [-0.1, -0.05) is 18.2 Å². The Morgan fingerprint density at radius 2 is 1.92 bits per heavy atom. The van der Waals surface area contributed by atoms with Gasteiger partial charge in [-0.3, -0.25) is 19.4 Å². The van der Waals surface area contributed by atoms with Crippen LogP contribution < -0.4 is 27.8 Å². The van der Waals surface area contributed by atoms with Crippen LogP contribution in [-0.2, 0) is 25.6 Å². The van der Waals surface area contributed by atoms with Gasteiger partial charge in [0.25, 0.3) is 0 Å². The van der Waals surface area contributed by atoms with E-state index in [1.165, 1.54) is 4.90 Å². The molecule has 1 aromatic carbocycles. The van der Waals surface area contributed by atoms with E-state index < -0.39 is 47.9 Å². The SMILES string of the molecule is NC(N)=NCCCC(NC(=O)C1CCCN1C(=O)C(Cc1c[nH]c2ccccc12)NC(=O)C(N)CS)C(=O)O. The number of aliphatic imine (C=N–C) groups is 1. The Balaban J connectivity index is 1.76. The molecule has 1 aliphatic rings. The molecule has 1 aliphatic heterocycles. The average Bonchev–Trinajstić information content (AvgIpc) is 3.56. The largest absolute Gasteiger partial charge is 0.480 e. The number of carboxylic acid groups (broad SMARTS) is 1. The molecule has 1 fully saturated rings. The minimum absolute atomic E-state index is 0.0916. The van der Waals surface area contributed by atoms with Crippen LogP contribution in [0, 0.1) is 0 Å². The van der Waals surface area contributed by atoms with Crippen LogP contribution >= 0.6 is 12.6 Å². The molecule has 0 saturated carbocycles. The smallest absolute Gasteiger partial charge is 0.326 e. The Labute approximate surface area is 231 Å². The third kappa shape index (κ3) is 7.86. The highest BCUT2D eigenvalue weighted by molar-refractivity contribution is 7.80. The Kier molecular flexibility index (Phi) is 10.6. The van der Waals surface area contributed by atoms with Gasteiger partial charge in [0.15, 0.2) is 5.96 Å². The fraction of sp³-hybridized carbons (Fsp3) is 0.480. The zero-order valence-electron chi connectivity index (χ0n) is 21.5. The number of aromatic amines is 1. The van der Waals surface area contributed by atoms with Crippen molar-refractivity contribution >= 4 is 53.2 Å². The highest BCUT2D eigenvalue weighted by Crippen LogP contribution is 2.23. The first-order valence-electron chi connectivity index (χ1n) is 12.7. The molecular weight excluding hydrogens is 524 g/mol. The number of aliphatic carboxylic acids is 1. The third-order valence-electron chi connectivity index (χ3n) is 6.65. The molecule has 13 nitrogen and oxygen atoms in total. The van der Waals surface area contributed by atoms with Gasteiger partial charge in [0, 0.05) is 42.4 Å². The second-order valence-electron chi connectivity index (χ2n) is 9.45. The van der Waals surface area contributed by atoms with Crippen molar-refractivity contribution in [1.29, 1.82) is 0 Å². The Morgan fingerprint density at radius 1 is 1.18 bits per heavy atom. The van der Waals surface area contributed by atoms with Gasteiger partial charge in [0.05, 0.1) is 6.04 Å². The minimum Gasteiger partial charge on any atom is -0.480 e. The number of para-hydroxylation sites is 1. The van der Waals surface area contributed by atoms with Gasteiger partial charge in [-0.05, 0) is 37.3 Å². The number of likely N-dealkylation sites (tertiary alicyclic amines) is 1. The zero-order valence-corrected chi connectivity index (χ0v) is 22.4. The van der Waals surface area contributed by atoms with E-state index >= 15 is 0 Å². The van der Waals surface area contributed by atoms with E-state index in [-0.39, 0.29) is 37.6 Å². The van der Waals surface area contributed by atoms with Gasteiger partial charge in [-0.25, -0.2) is 4.79 Å². The van der Waals surface area contributed by atoms with E-state index in [1.54, 1.807) is 6.20 Å². The van der Waals surface area contributed by atoms with Crippen LogP contribution in [0.4, 0.5) is 0 Å². The van der Waals surface area contributed by atoms with Crippen molar-refractivity contribution in [2.75, 3.05) is 18.8 Å². The topological polar surface area (TPSA) is 222 Å². The summed E-state index contributed by atoms with van der Waals surface area (Å²) in [5, 5.41) is 15.8. The number of H-pyrrole nitrogens is 1. The summed E-state index contributed by atoms with van der Waals surface area (Å²) >= 11 is 4.08. The number of nitrogens with two attached hydrogens (primary N) is 3. The number of thiol groups is 1. The van der Waals surface area contributed by atoms with Crippen LogP contribution in [0.2, 0.25) is 0 Å². The Hall–Kier alpha value is -3.78. The molecule has 39 heavy (non-hydrogen) atoms. The number of carbonyl (C=O) groups is 4. The highest BCUT2D eigenvalue weighted by atomic mass is 32.1. The van der Waals surface area contributed by atoms with Crippen molar-refractivity contribution in [3.8, 4) is 0 Å². The third-order valence-corrected chi connectivity index (χ3v) is 7.04. The monoisotopic (exact) mass is 560 g/mol. The lowest BCUT2D eigenvalue weighted by atomic mass is 10.0. The molecule has 1 saturated heterocycles. The summed E-state index contributed by atoms with van der Waals surface area (Å²) in [6.45, 7) is 0.512. The van der Waals surface area contributed by atoms with Gasteiger partial charge in [-0.2, -0.15) is 12.6 Å². The van der Waals surface area contributed by atoms with E-state index in [9.17, 15) is 24.3 Å². The maximum atomic E-state index is 13.8. The summed E-state index contributed by atoms with van der Waals surface area (Å²) in [6.07, 6.45) is 3.31. The first-order valence-corrected chi connectivity index (χ1v) is 13.4. The maximum Gasteiger partial charge on any atom is 0.326 e. The summed E-state index contributed by atoms with van der Waals surface area (Å²) in [7, 11) is 0. The number of guanidine groups is 1. The fourth-order valence-electron chi connectivity index (χ4n) is 4.61. The van der Waals surface area contributed by atoms with Crippen molar-refractivity contribution in [3.05, 3.63) is 36.0 Å². The van der Waals surface area contributed by atoms with Crippen LogP contribution in [0.3, 0.4) is 0 Å². The summed E-state index contributed by atoms with van der Waals surface area (Å²) < 4.78 is 0. The first-order chi connectivity index (χ1) is 18.6. The fourth-order valence-corrected chi connectivity index (χ4v) is 4.78. The number of hydrogen-bond acceptors (Lipinski definition) is 7. The van der Waals surface area contributed by atoms with Crippen LogP contribution in [-0.4, -0.2) is 87.7 Å². The Morgan fingerprint density at radius 3 is 2.62 bits per heavy atom. The number of benzene rings is 1. The quantitative estimate of drug-likeness (QED) is 0.0659. The lowest BCUT2D eigenvalue weighted by Crippen LogP contribution is -2.57. The molecule has 4 unspecified atom stereocenters. The van der Waals surface area contributed by atoms with E-state index in [1.807, 2.05) is 24.3 Å². The van der Waals surface area contributed by atoms with Crippen molar-refractivity contribution in [1.82, 2.24) is 20.5 Å². The number of nitrogens with one attached hydrogen (secondary N) is 3. The summed E-state index contributed by atoms with van der Waals surface area (Å²) in [6, 6.07) is 3.63. The number of fused-ring (bicyclic) bond motifs is 1. The van der Waals surface area contributed by atoms with Crippen molar-refractivity contribution in [3.63, 3.8) is 0 Å². The molecule has 0 aliphatic carbocycles. The van der Waals surface area contributed by atoms with Gasteiger partial charge >= 0.3 is 5.97 Å². The van der Waals surface area contributed by atoms with Crippen molar-refractivity contribution < 1.29 is 24.3 Å². The standard InChI is InChI=1S/C25H36N8O5S/c26-16(13-39)21(34)32-19(11-14-12-30-17-6-2-1-5-15(14)17)23(36)33-10-4-8-20(33)22(35)31-18(24(37)38)7-3-9-29-25(27)28/h1-2,5-6,12,16,18-20,30,39H,3-4,7-11,13,26H2,(H,31,35)(H,32,34)(H,37,38)(H4,27,28,29). The summed E-state index contributed by atoms with van der Waals surface area (Å²) in [5.74, 6) is -2.76. The lowest BCUT2D eigenvalue weighted by Gasteiger charge is -2.30. The molecule has 0 radical (unpaired) electrons. The molecule has 2 heterocycles. The molecular formula is C25H36N8O5S. The number of carbonyl (C=O) groups excluding carboxylic acids is 3. The number of hydrogen-bond donors (Lipinski definition) is 8. The predicted molar refractivity (Wildman–Crippen MR) is 150 cm³/mol. The van der Waals surface area contributed by atoms with Crippen molar-refractivity contribution in [2.24, 2.45) is 22.2 Å². The van der Waals surface area contributed by atoms with Crippen LogP contribution in [0.25, 0.3) is 10.9 Å². The predicted octanol–water partition coefficient (Wildman–Crippen LogP) is -0.934. The average molecular weight is 561 g/mol. The van der Waals surface area contributed by atoms with Crippen LogP contribution in [0.5, 0.6) is 0 Å². The van der Waals surface area contributed by atoms with E-state index in [0.717, 1.165) is 16.5 Å². The van der Waals surface area contributed by atoms with Gasteiger partial charge in [0.1, 0.15) is 18.1 Å². The molecule has 4 atom stereocenters. The molecule has 0 spiro atoms. The first kappa shape index (κ1) is 29.8. The molecule has 3 rings (SSSR count). The molecule has 2 aromatic rings. The van der Waals surface area contributed by atoms with E-state index in [0.29, 0.717) is 19.3 Å². The van der Waals surface area contributed by atoms with Crippen LogP contribution in [0.1, 0.15) is 31.2 Å². The molecule has 3 amide bonds. The summed E-state index contributed by atoms with van der Waals surface area (Å²) in [4.78, 5) is 59.7. The zero-order chi connectivity index (χ0) is 28.5. The van der Waals surface area contributed by atoms with E-state index in [4.69, 9.17) is 17.2 Å². The normalized spacial score (nSPS) is 17.3. The Bertz CT molecular complexity index is 1210. The van der Waals surface area contributed by atoms with E-state index in [2.05, 4.69) is 33.2 Å². The molecule has 0 bridgehead atoms. The number of rotatable bonds is 13. The number of nitrogens with zero attached hydrogens (tertiary/aromatic N) is 2. The molecule has 10 N–H and O–H groups in total. The van der Waals surface area contributed by atoms with Gasteiger partial charge < -0.3 is 42.8 Å². The highest BCUT2D eigenvalue weighted by Gasteiger charge is 2.39. The molecule has 14 heteroatoms. The summed E-state index contributed by atoms with van der Waals surface area (Å²) in [5.41, 5.74) is 18.1. The second-order valence-corrected chi connectivity index (χ2v) is 9.82. The number of carboxylic acids is 1. The van der Waals surface area contributed by atoms with Gasteiger partial charge in [0.2, 0.25) is 17.7 Å². The lowest BCUT2D eigenvalue weighted by molar-refractivity contribution is -0.145.